The van der Waals surface area contributed by atoms with E-state index in [-0.39, 0.29) is 24.7 Å². The fourth-order valence-corrected chi connectivity index (χ4v) is 2.39. The number of carbonyl (C=O) groups excluding carboxylic acids is 2. The number of hydrogen-bond donors (Lipinski definition) is 2. The second-order valence-corrected chi connectivity index (χ2v) is 6.42. The van der Waals surface area contributed by atoms with E-state index in [4.69, 9.17) is 16.3 Å². The molecule has 0 bridgehead atoms. The molecule has 0 aromatic heterocycles. The molecule has 2 amide bonds. The third kappa shape index (κ3) is 7.50. The molecule has 6 nitrogen and oxygen atoms in total. The van der Waals surface area contributed by atoms with Crippen molar-refractivity contribution in [3.8, 4) is 5.75 Å². The number of benzene rings is 2. The summed E-state index contributed by atoms with van der Waals surface area (Å²) in [6, 6.07) is 14.5. The second-order valence-electron chi connectivity index (χ2n) is 5.99. The van der Waals surface area contributed by atoms with Gasteiger partial charge in [-0.3, -0.25) is 9.59 Å². The van der Waals surface area contributed by atoms with Crippen LogP contribution in [-0.2, 0) is 22.6 Å². The first-order valence-corrected chi connectivity index (χ1v) is 8.80. The third-order valence-electron chi connectivity index (χ3n) is 3.71. The van der Waals surface area contributed by atoms with Crippen LogP contribution in [0.25, 0.3) is 0 Å². The molecule has 0 aliphatic rings. The fourth-order valence-electron chi connectivity index (χ4n) is 2.26. The first-order valence-electron chi connectivity index (χ1n) is 8.42. The van der Waals surface area contributed by atoms with Gasteiger partial charge in [0.15, 0.2) is 0 Å². The molecule has 0 atom stereocenters. The van der Waals surface area contributed by atoms with Crippen molar-refractivity contribution in [1.82, 2.24) is 10.7 Å². The Kier molecular flexibility index (Phi) is 7.82. The van der Waals surface area contributed by atoms with Crippen molar-refractivity contribution >= 4 is 29.1 Å². The number of amides is 2. The van der Waals surface area contributed by atoms with E-state index in [0.29, 0.717) is 17.3 Å². The first-order chi connectivity index (χ1) is 13.0. The highest BCUT2D eigenvalue weighted by Gasteiger charge is 2.06. The van der Waals surface area contributed by atoms with Crippen LogP contribution in [0, 0.1) is 0 Å². The molecule has 2 N–H and O–H groups in total. The van der Waals surface area contributed by atoms with Gasteiger partial charge in [-0.1, -0.05) is 35.9 Å². The molecule has 2 rings (SSSR count). The van der Waals surface area contributed by atoms with E-state index in [1.807, 2.05) is 24.3 Å². The Morgan fingerprint density at radius 1 is 1.00 bits per heavy atom. The van der Waals surface area contributed by atoms with Crippen LogP contribution in [0.15, 0.2) is 53.6 Å². The van der Waals surface area contributed by atoms with Gasteiger partial charge in [-0.2, -0.15) is 5.10 Å². The van der Waals surface area contributed by atoms with Crippen molar-refractivity contribution < 1.29 is 14.3 Å². The lowest BCUT2D eigenvalue weighted by atomic mass is 10.1. The van der Waals surface area contributed by atoms with Gasteiger partial charge in [-0.25, -0.2) is 5.43 Å². The van der Waals surface area contributed by atoms with Crippen molar-refractivity contribution in [3.05, 3.63) is 64.7 Å². The number of halogens is 1. The van der Waals surface area contributed by atoms with Crippen LogP contribution in [0.2, 0.25) is 5.02 Å². The molecule has 2 aromatic rings. The Hall–Kier alpha value is -2.86. The summed E-state index contributed by atoms with van der Waals surface area (Å²) in [5.74, 6) is 0.314. The van der Waals surface area contributed by atoms with Gasteiger partial charge in [0.2, 0.25) is 11.8 Å². The number of methoxy groups -OCH3 is 1. The zero-order valence-electron chi connectivity index (χ0n) is 15.3. The van der Waals surface area contributed by atoms with E-state index >= 15 is 0 Å². The minimum Gasteiger partial charge on any atom is -0.497 e. The number of hydrogen-bond acceptors (Lipinski definition) is 4. The molecular weight excluding hydrogens is 366 g/mol. The van der Waals surface area contributed by atoms with Crippen LogP contribution in [0.4, 0.5) is 0 Å². The lowest BCUT2D eigenvalue weighted by Gasteiger charge is -2.06. The monoisotopic (exact) mass is 387 g/mol. The van der Waals surface area contributed by atoms with Gasteiger partial charge in [0, 0.05) is 17.3 Å². The number of carbonyl (C=O) groups is 2. The molecule has 0 fully saturated rings. The normalized spacial score (nSPS) is 11.0. The highest BCUT2D eigenvalue weighted by atomic mass is 35.5. The molecule has 0 aliphatic heterocycles. The van der Waals surface area contributed by atoms with E-state index < -0.39 is 0 Å². The van der Waals surface area contributed by atoms with Gasteiger partial charge in [0.25, 0.3) is 0 Å². The van der Waals surface area contributed by atoms with E-state index in [1.165, 1.54) is 0 Å². The molecule has 0 unspecified atom stereocenters. The molecule has 0 radical (unpaired) electrons. The van der Waals surface area contributed by atoms with Crippen LogP contribution in [0.5, 0.6) is 5.75 Å². The van der Waals surface area contributed by atoms with E-state index in [1.54, 1.807) is 38.3 Å². The van der Waals surface area contributed by atoms with Crippen molar-refractivity contribution in [2.75, 3.05) is 7.11 Å². The van der Waals surface area contributed by atoms with Crippen LogP contribution in [0.1, 0.15) is 24.5 Å². The van der Waals surface area contributed by atoms with Crippen LogP contribution in [0.3, 0.4) is 0 Å². The lowest BCUT2D eigenvalue weighted by Crippen LogP contribution is -2.26. The number of rotatable bonds is 8. The highest BCUT2D eigenvalue weighted by Crippen LogP contribution is 2.11. The SMILES string of the molecule is COc1ccc(CC(=O)NN=C(C)CC(=O)NCc2ccc(Cl)cc2)cc1. The molecule has 0 aliphatic carbocycles. The standard InChI is InChI=1S/C20H22ClN3O3/c1-14(11-19(25)22-13-16-3-7-17(21)8-4-16)23-24-20(26)12-15-5-9-18(27-2)10-6-15/h3-10H,11-13H2,1-2H3,(H,22,25)(H,24,26). The zero-order chi connectivity index (χ0) is 19.6. The molecule has 7 heteroatoms. The maximum atomic E-state index is 11.9. The van der Waals surface area contributed by atoms with Crippen molar-refractivity contribution in [3.63, 3.8) is 0 Å². The molecule has 0 saturated heterocycles. The quantitative estimate of drug-likeness (QED) is 0.539. The van der Waals surface area contributed by atoms with E-state index in [0.717, 1.165) is 16.9 Å². The largest absolute Gasteiger partial charge is 0.497 e. The van der Waals surface area contributed by atoms with Gasteiger partial charge < -0.3 is 10.1 Å². The molecule has 0 saturated carbocycles. The third-order valence-corrected chi connectivity index (χ3v) is 3.97. The molecule has 0 spiro atoms. The minimum atomic E-state index is -0.249. The lowest BCUT2D eigenvalue weighted by molar-refractivity contribution is -0.121. The summed E-state index contributed by atoms with van der Waals surface area (Å²) in [5, 5.41) is 7.43. The minimum absolute atomic E-state index is 0.108. The first kappa shape index (κ1) is 20.5. The van der Waals surface area contributed by atoms with Gasteiger partial charge in [0.05, 0.1) is 20.0 Å². The summed E-state index contributed by atoms with van der Waals surface area (Å²) >= 11 is 5.82. The van der Waals surface area contributed by atoms with Crippen LogP contribution in [-0.4, -0.2) is 24.6 Å². The van der Waals surface area contributed by atoms with Crippen LogP contribution >= 0.6 is 11.6 Å². The second kappa shape index (κ2) is 10.3. The maximum Gasteiger partial charge on any atom is 0.244 e. The van der Waals surface area contributed by atoms with E-state index in [2.05, 4.69) is 15.8 Å². The molecule has 0 heterocycles. The van der Waals surface area contributed by atoms with Crippen molar-refractivity contribution in [1.29, 1.82) is 0 Å². The summed E-state index contributed by atoms with van der Waals surface area (Å²) in [6.45, 7) is 2.10. The smallest absolute Gasteiger partial charge is 0.244 e. The number of ether oxygens (including phenoxy) is 1. The fraction of sp³-hybridized carbons (Fsp3) is 0.250. The Balaban J connectivity index is 1.74. The summed E-state index contributed by atoms with van der Waals surface area (Å²) in [7, 11) is 1.59. The Morgan fingerprint density at radius 2 is 1.63 bits per heavy atom. The van der Waals surface area contributed by atoms with Gasteiger partial charge in [-0.15, -0.1) is 0 Å². The summed E-state index contributed by atoms with van der Waals surface area (Å²) in [4.78, 5) is 23.9. The number of nitrogens with zero attached hydrogens (tertiary/aromatic N) is 1. The number of hydrazone groups is 1. The Labute approximate surface area is 163 Å². The van der Waals surface area contributed by atoms with Crippen LogP contribution < -0.4 is 15.5 Å². The van der Waals surface area contributed by atoms with E-state index in [9.17, 15) is 9.59 Å². The summed E-state index contributed by atoms with van der Waals surface area (Å²) in [6.07, 6.45) is 0.305. The van der Waals surface area contributed by atoms with Crippen molar-refractivity contribution in [2.45, 2.75) is 26.3 Å². The predicted molar refractivity (Wildman–Crippen MR) is 106 cm³/mol. The highest BCUT2D eigenvalue weighted by molar-refractivity contribution is 6.30. The summed E-state index contributed by atoms with van der Waals surface area (Å²) in [5.41, 5.74) is 4.79. The molecular formula is C20H22ClN3O3. The molecule has 2 aromatic carbocycles. The Bertz CT molecular complexity index is 802. The van der Waals surface area contributed by atoms with Gasteiger partial charge in [-0.05, 0) is 42.3 Å². The van der Waals surface area contributed by atoms with Gasteiger partial charge in [0.1, 0.15) is 5.75 Å². The van der Waals surface area contributed by atoms with Gasteiger partial charge >= 0.3 is 0 Å². The average molecular weight is 388 g/mol. The topological polar surface area (TPSA) is 79.8 Å². The maximum absolute atomic E-state index is 11.9. The Morgan fingerprint density at radius 3 is 2.26 bits per heavy atom. The predicted octanol–water partition coefficient (Wildman–Crippen LogP) is 3.09. The summed E-state index contributed by atoms with van der Waals surface area (Å²) < 4.78 is 5.08. The average Bonchev–Trinajstić information content (AvgIpc) is 2.66. The molecule has 27 heavy (non-hydrogen) atoms. The van der Waals surface area contributed by atoms with Crippen molar-refractivity contribution in [2.24, 2.45) is 5.10 Å². The zero-order valence-corrected chi connectivity index (χ0v) is 16.0. The molecule has 142 valence electrons. The number of nitrogens with one attached hydrogen (secondary N) is 2.